The van der Waals surface area contributed by atoms with Crippen LogP contribution in [0.5, 0.6) is 0 Å². The van der Waals surface area contributed by atoms with Gasteiger partial charge >= 0.3 is 5.97 Å². The third kappa shape index (κ3) is 5.36. The van der Waals surface area contributed by atoms with Crippen molar-refractivity contribution in [1.29, 1.82) is 0 Å². The number of nitrogens with one attached hydrogen (secondary N) is 1. The van der Waals surface area contributed by atoms with Gasteiger partial charge in [0.1, 0.15) is 5.54 Å². The summed E-state index contributed by atoms with van der Waals surface area (Å²) < 4.78 is 5.24. The van der Waals surface area contributed by atoms with E-state index in [1.165, 1.54) is 17.7 Å². The van der Waals surface area contributed by atoms with E-state index in [9.17, 15) is 4.79 Å². The Morgan fingerprint density at radius 2 is 2.10 bits per heavy atom. The maximum Gasteiger partial charge on any atom is 0.326 e. The second-order valence-corrected chi connectivity index (χ2v) is 6.90. The fourth-order valence-electron chi connectivity index (χ4n) is 2.33. The smallest absolute Gasteiger partial charge is 0.326 e. The van der Waals surface area contributed by atoms with E-state index in [0.717, 1.165) is 18.6 Å². The Hall–Kier alpha value is -1.00. The van der Waals surface area contributed by atoms with Gasteiger partial charge in [0, 0.05) is 10.9 Å². The molecule has 0 heterocycles. The number of rotatable bonds is 9. The minimum absolute atomic E-state index is 0.110. The summed E-state index contributed by atoms with van der Waals surface area (Å²) in [4.78, 5) is 13.5. The first-order chi connectivity index (χ1) is 10.1. The van der Waals surface area contributed by atoms with Gasteiger partial charge in [-0.15, -0.1) is 11.8 Å². The van der Waals surface area contributed by atoms with Crippen LogP contribution >= 0.6 is 11.8 Å². The number of esters is 1. The fraction of sp³-hybridized carbons (Fsp3) is 0.588. The van der Waals surface area contributed by atoms with Crippen LogP contribution in [0.4, 0.5) is 0 Å². The Kier molecular flexibility index (Phi) is 6.12. The average Bonchev–Trinajstić information content (AvgIpc) is 3.29. The van der Waals surface area contributed by atoms with Crippen molar-refractivity contribution in [2.45, 2.75) is 56.0 Å². The van der Waals surface area contributed by atoms with E-state index in [4.69, 9.17) is 4.74 Å². The highest BCUT2D eigenvalue weighted by Crippen LogP contribution is 2.27. The zero-order chi connectivity index (χ0) is 15.1. The van der Waals surface area contributed by atoms with Crippen molar-refractivity contribution in [3.63, 3.8) is 0 Å². The molecule has 0 amide bonds. The maximum atomic E-state index is 12.2. The first-order valence-electron chi connectivity index (χ1n) is 7.77. The first kappa shape index (κ1) is 16.4. The summed E-state index contributed by atoms with van der Waals surface area (Å²) in [6.07, 6.45) is 4.16. The van der Waals surface area contributed by atoms with Crippen LogP contribution in [0, 0.1) is 0 Å². The molecule has 0 saturated heterocycles. The average molecular weight is 307 g/mol. The number of thioether (sulfide) groups is 1. The lowest BCUT2D eigenvalue weighted by Gasteiger charge is -2.28. The standard InChI is InChI=1S/C17H25NO2S/c1-3-20-16(19)17(2,18-14-10-11-14)12-7-13-21-15-8-5-4-6-9-15/h4-6,8-9,14,18H,3,7,10-13H2,1-2H3. The van der Waals surface area contributed by atoms with Gasteiger partial charge in [0.05, 0.1) is 6.61 Å². The van der Waals surface area contributed by atoms with Crippen LogP contribution < -0.4 is 5.32 Å². The van der Waals surface area contributed by atoms with Crippen molar-refractivity contribution < 1.29 is 9.53 Å². The van der Waals surface area contributed by atoms with Gasteiger partial charge in [-0.3, -0.25) is 10.1 Å². The van der Waals surface area contributed by atoms with Crippen LogP contribution in [-0.4, -0.2) is 29.9 Å². The summed E-state index contributed by atoms with van der Waals surface area (Å²) in [5, 5.41) is 3.47. The highest BCUT2D eigenvalue weighted by molar-refractivity contribution is 7.99. The van der Waals surface area contributed by atoms with Gasteiger partial charge in [-0.25, -0.2) is 0 Å². The first-order valence-corrected chi connectivity index (χ1v) is 8.75. The molecule has 3 nitrogen and oxygen atoms in total. The van der Waals surface area contributed by atoms with Gasteiger partial charge in [0.2, 0.25) is 0 Å². The molecule has 1 atom stereocenters. The van der Waals surface area contributed by atoms with Gasteiger partial charge < -0.3 is 4.74 Å². The molecule has 1 aromatic carbocycles. The Bertz CT molecular complexity index is 447. The number of benzene rings is 1. The molecule has 0 aliphatic heterocycles. The molecule has 0 aromatic heterocycles. The van der Waals surface area contributed by atoms with E-state index in [1.807, 2.05) is 31.7 Å². The monoisotopic (exact) mass is 307 g/mol. The molecule has 0 bridgehead atoms. The van der Waals surface area contributed by atoms with E-state index >= 15 is 0 Å². The lowest BCUT2D eigenvalue weighted by Crippen LogP contribution is -2.51. The zero-order valence-electron chi connectivity index (χ0n) is 12.9. The molecule has 116 valence electrons. The van der Waals surface area contributed by atoms with Crippen LogP contribution in [-0.2, 0) is 9.53 Å². The SMILES string of the molecule is CCOC(=O)C(C)(CCCSc1ccccc1)NC1CC1. The molecule has 0 spiro atoms. The van der Waals surface area contributed by atoms with Crippen LogP contribution in [0.15, 0.2) is 35.2 Å². The van der Waals surface area contributed by atoms with Gasteiger partial charge in [0.25, 0.3) is 0 Å². The van der Waals surface area contributed by atoms with Gasteiger partial charge in [-0.1, -0.05) is 18.2 Å². The zero-order valence-corrected chi connectivity index (χ0v) is 13.7. The summed E-state index contributed by atoms with van der Waals surface area (Å²) in [7, 11) is 0. The Morgan fingerprint density at radius 3 is 2.71 bits per heavy atom. The predicted octanol–water partition coefficient (Wildman–Crippen LogP) is 3.63. The molecule has 1 N–H and O–H groups in total. The summed E-state index contributed by atoms with van der Waals surface area (Å²) in [5.74, 6) is 0.910. The molecule has 21 heavy (non-hydrogen) atoms. The van der Waals surface area contributed by atoms with Crippen LogP contribution in [0.3, 0.4) is 0 Å². The van der Waals surface area contributed by atoms with E-state index in [1.54, 1.807) is 0 Å². The van der Waals surface area contributed by atoms with Crippen LogP contribution in [0.2, 0.25) is 0 Å². The molecule has 2 rings (SSSR count). The normalized spacial score (nSPS) is 17.2. The highest BCUT2D eigenvalue weighted by atomic mass is 32.2. The largest absolute Gasteiger partial charge is 0.465 e. The number of ether oxygens (including phenoxy) is 1. The summed E-state index contributed by atoms with van der Waals surface area (Å²) in [6.45, 7) is 4.29. The van der Waals surface area contributed by atoms with Crippen molar-refractivity contribution in [3.8, 4) is 0 Å². The number of carbonyl (C=O) groups is 1. The lowest BCUT2D eigenvalue weighted by molar-refractivity contribution is -0.151. The van der Waals surface area contributed by atoms with E-state index < -0.39 is 5.54 Å². The van der Waals surface area contributed by atoms with Crippen molar-refractivity contribution in [2.75, 3.05) is 12.4 Å². The van der Waals surface area contributed by atoms with Gasteiger partial charge in [-0.05, 0) is 57.4 Å². The van der Waals surface area contributed by atoms with Gasteiger partial charge in [-0.2, -0.15) is 0 Å². The van der Waals surface area contributed by atoms with Crippen molar-refractivity contribution >= 4 is 17.7 Å². The second kappa shape index (κ2) is 7.85. The molecule has 1 aromatic rings. The molecule has 1 aliphatic rings. The highest BCUT2D eigenvalue weighted by Gasteiger charge is 2.39. The quantitative estimate of drug-likeness (QED) is 0.429. The van der Waals surface area contributed by atoms with Crippen molar-refractivity contribution in [3.05, 3.63) is 30.3 Å². The third-order valence-electron chi connectivity index (χ3n) is 3.66. The molecule has 4 heteroatoms. The number of hydrogen-bond donors (Lipinski definition) is 1. The Morgan fingerprint density at radius 1 is 1.38 bits per heavy atom. The molecular formula is C17H25NO2S. The van der Waals surface area contributed by atoms with Crippen molar-refractivity contribution in [1.82, 2.24) is 5.32 Å². The summed E-state index contributed by atoms with van der Waals surface area (Å²) in [6, 6.07) is 10.9. The van der Waals surface area contributed by atoms with E-state index in [2.05, 4.69) is 29.6 Å². The van der Waals surface area contributed by atoms with Crippen molar-refractivity contribution in [2.24, 2.45) is 0 Å². The molecule has 0 radical (unpaired) electrons. The summed E-state index contributed by atoms with van der Waals surface area (Å²) >= 11 is 1.84. The fourth-order valence-corrected chi connectivity index (χ4v) is 3.21. The maximum absolute atomic E-state index is 12.2. The minimum Gasteiger partial charge on any atom is -0.465 e. The number of hydrogen-bond acceptors (Lipinski definition) is 4. The second-order valence-electron chi connectivity index (χ2n) is 5.74. The van der Waals surface area contributed by atoms with E-state index in [-0.39, 0.29) is 5.97 Å². The minimum atomic E-state index is -0.533. The van der Waals surface area contributed by atoms with E-state index in [0.29, 0.717) is 12.6 Å². The molecule has 1 aliphatic carbocycles. The Balaban J connectivity index is 1.79. The third-order valence-corrected chi connectivity index (χ3v) is 4.76. The number of carbonyl (C=O) groups excluding carboxylic acids is 1. The molecule has 1 fully saturated rings. The van der Waals surface area contributed by atoms with Gasteiger partial charge in [0.15, 0.2) is 0 Å². The molecular weight excluding hydrogens is 282 g/mol. The molecule has 1 saturated carbocycles. The van der Waals surface area contributed by atoms with Crippen LogP contribution in [0.1, 0.15) is 39.5 Å². The Labute approximate surface area is 131 Å². The lowest BCUT2D eigenvalue weighted by atomic mass is 9.96. The van der Waals surface area contributed by atoms with Crippen LogP contribution in [0.25, 0.3) is 0 Å². The topological polar surface area (TPSA) is 38.3 Å². The predicted molar refractivity (Wildman–Crippen MR) is 87.6 cm³/mol. The summed E-state index contributed by atoms with van der Waals surface area (Å²) in [5.41, 5.74) is -0.533. The molecule has 1 unspecified atom stereocenters.